The molecule has 0 atom stereocenters. The van der Waals surface area contributed by atoms with E-state index in [2.05, 4.69) is 4.74 Å². The first-order valence-electron chi connectivity index (χ1n) is 7.03. The molecule has 0 aliphatic carbocycles. The number of hydrogen-bond donors (Lipinski definition) is 0. The molecule has 2 heterocycles. The van der Waals surface area contributed by atoms with Crippen LogP contribution in [0.25, 0.3) is 10.1 Å². The van der Waals surface area contributed by atoms with Crippen LogP contribution in [0, 0.1) is 6.92 Å². The van der Waals surface area contributed by atoms with Crippen LogP contribution in [-0.2, 0) is 16.1 Å². The van der Waals surface area contributed by atoms with Gasteiger partial charge in [-0.15, -0.1) is 11.3 Å². The van der Waals surface area contributed by atoms with Crippen molar-refractivity contribution in [2.24, 2.45) is 0 Å². The number of hydrogen-bond acceptors (Lipinski definition) is 6. The number of thiophene rings is 1. The van der Waals surface area contributed by atoms with Gasteiger partial charge in [-0.3, -0.25) is 0 Å². The number of furan rings is 1. The summed E-state index contributed by atoms with van der Waals surface area (Å²) in [5.74, 6) is -0.262. The van der Waals surface area contributed by atoms with Crippen molar-refractivity contribution in [2.75, 3.05) is 7.11 Å². The Labute approximate surface area is 146 Å². The van der Waals surface area contributed by atoms with Crippen molar-refractivity contribution in [1.29, 1.82) is 0 Å². The van der Waals surface area contributed by atoms with E-state index in [9.17, 15) is 9.59 Å². The number of aryl methyl sites for hydroxylation is 1. The molecule has 0 spiro atoms. The molecule has 0 N–H and O–H groups in total. The fourth-order valence-corrected chi connectivity index (χ4v) is 3.68. The predicted molar refractivity (Wildman–Crippen MR) is 90.7 cm³/mol. The molecule has 5 nitrogen and oxygen atoms in total. The second-order valence-electron chi connectivity index (χ2n) is 4.99. The molecule has 0 fully saturated rings. The van der Waals surface area contributed by atoms with Gasteiger partial charge in [0.1, 0.15) is 28.6 Å². The van der Waals surface area contributed by atoms with Crippen LogP contribution in [0.2, 0.25) is 5.02 Å². The van der Waals surface area contributed by atoms with E-state index in [1.54, 1.807) is 6.92 Å². The lowest BCUT2D eigenvalue weighted by molar-refractivity contribution is 0.0450. The number of carbonyl (C=O) groups is 2. The Bertz CT molecular complexity index is 924. The number of esters is 2. The van der Waals surface area contributed by atoms with Gasteiger partial charge >= 0.3 is 11.9 Å². The molecule has 0 aliphatic rings. The molecule has 0 aliphatic heterocycles. The largest absolute Gasteiger partial charge is 0.465 e. The second kappa shape index (κ2) is 6.67. The Morgan fingerprint density at radius 2 is 2.00 bits per heavy atom. The van der Waals surface area contributed by atoms with Crippen LogP contribution < -0.4 is 0 Å². The molecule has 3 aromatic rings. The van der Waals surface area contributed by atoms with Gasteiger partial charge in [-0.2, -0.15) is 0 Å². The zero-order chi connectivity index (χ0) is 17.3. The lowest BCUT2D eigenvalue weighted by Gasteiger charge is -2.01. The minimum atomic E-state index is -0.533. The fourth-order valence-electron chi connectivity index (χ4n) is 2.27. The van der Waals surface area contributed by atoms with Crippen molar-refractivity contribution in [1.82, 2.24) is 0 Å². The fraction of sp³-hybridized carbons (Fsp3) is 0.176. The van der Waals surface area contributed by atoms with Gasteiger partial charge in [0.2, 0.25) is 0 Å². The number of fused-ring (bicyclic) bond motifs is 1. The number of rotatable bonds is 4. The minimum Gasteiger partial charge on any atom is -0.465 e. The maximum Gasteiger partial charge on any atom is 0.350 e. The lowest BCUT2D eigenvalue weighted by Crippen LogP contribution is -2.03. The van der Waals surface area contributed by atoms with Crippen molar-refractivity contribution in [3.05, 3.63) is 57.3 Å². The molecule has 124 valence electrons. The number of carbonyl (C=O) groups excluding carboxylic acids is 2. The van der Waals surface area contributed by atoms with Crippen molar-refractivity contribution in [3.63, 3.8) is 0 Å². The average molecular weight is 365 g/mol. The number of ether oxygens (including phenoxy) is 2. The first-order chi connectivity index (χ1) is 11.5. The van der Waals surface area contributed by atoms with E-state index in [0.29, 0.717) is 27.0 Å². The molecule has 1 aromatic carbocycles. The van der Waals surface area contributed by atoms with Crippen LogP contribution in [-0.4, -0.2) is 19.0 Å². The van der Waals surface area contributed by atoms with Gasteiger partial charge in [0.05, 0.1) is 12.1 Å². The topological polar surface area (TPSA) is 65.7 Å². The highest BCUT2D eigenvalue weighted by Crippen LogP contribution is 2.35. The molecule has 0 unspecified atom stereocenters. The highest BCUT2D eigenvalue weighted by Gasteiger charge is 2.20. The van der Waals surface area contributed by atoms with Crippen LogP contribution in [0.5, 0.6) is 0 Å². The van der Waals surface area contributed by atoms with Crippen LogP contribution in [0.1, 0.15) is 31.6 Å². The summed E-state index contributed by atoms with van der Waals surface area (Å²) in [7, 11) is 1.29. The van der Waals surface area contributed by atoms with E-state index in [4.69, 9.17) is 20.8 Å². The van der Waals surface area contributed by atoms with E-state index < -0.39 is 11.9 Å². The molecule has 0 bridgehead atoms. The van der Waals surface area contributed by atoms with Crippen LogP contribution in [0.3, 0.4) is 0 Å². The maximum absolute atomic E-state index is 12.3. The summed E-state index contributed by atoms with van der Waals surface area (Å²) >= 11 is 7.52. The maximum atomic E-state index is 12.3. The molecule has 2 aromatic heterocycles. The summed E-state index contributed by atoms with van der Waals surface area (Å²) in [5.41, 5.74) is 0.309. The predicted octanol–water partition coefficient (Wildman–Crippen LogP) is 4.60. The van der Waals surface area contributed by atoms with Gasteiger partial charge in [-0.05, 0) is 19.1 Å². The molecular weight excluding hydrogens is 352 g/mol. The smallest absolute Gasteiger partial charge is 0.350 e. The third-order valence-electron chi connectivity index (χ3n) is 3.44. The summed E-state index contributed by atoms with van der Waals surface area (Å²) in [5, 5.41) is 1.20. The molecule has 0 saturated heterocycles. The Hall–Kier alpha value is -2.31. The quantitative estimate of drug-likeness (QED) is 0.633. The van der Waals surface area contributed by atoms with Crippen molar-refractivity contribution in [2.45, 2.75) is 13.5 Å². The standard InChI is InChI=1S/C17H13ClO5S/c1-9-12(16(19)21-2)7-10(23-9)8-22-17(20)15-14(18)11-5-3-4-6-13(11)24-15/h3-7H,8H2,1-2H3. The van der Waals surface area contributed by atoms with Gasteiger partial charge < -0.3 is 13.9 Å². The first kappa shape index (κ1) is 16.5. The van der Waals surface area contributed by atoms with E-state index in [-0.39, 0.29) is 6.61 Å². The SMILES string of the molecule is COC(=O)c1cc(COC(=O)c2sc3ccccc3c2Cl)oc1C. The molecule has 0 radical (unpaired) electrons. The Balaban J connectivity index is 1.75. The summed E-state index contributed by atoms with van der Waals surface area (Å²) in [6, 6.07) is 8.98. The normalized spacial score (nSPS) is 10.8. The number of methoxy groups -OCH3 is 1. The number of halogens is 1. The van der Waals surface area contributed by atoms with Crippen molar-refractivity contribution >= 4 is 45.0 Å². The van der Waals surface area contributed by atoms with Crippen LogP contribution >= 0.6 is 22.9 Å². The molecule has 0 saturated carbocycles. The zero-order valence-corrected chi connectivity index (χ0v) is 14.5. The Kier molecular flexibility index (Phi) is 4.59. The summed E-state index contributed by atoms with van der Waals surface area (Å²) in [4.78, 5) is 24.1. The summed E-state index contributed by atoms with van der Waals surface area (Å²) < 4.78 is 16.2. The van der Waals surface area contributed by atoms with Crippen molar-refractivity contribution in [3.8, 4) is 0 Å². The van der Waals surface area contributed by atoms with Gasteiger partial charge in [0, 0.05) is 10.1 Å². The van der Waals surface area contributed by atoms with Gasteiger partial charge in [0.15, 0.2) is 0 Å². The average Bonchev–Trinajstić information content (AvgIpc) is 3.13. The van der Waals surface area contributed by atoms with Gasteiger partial charge in [-0.1, -0.05) is 29.8 Å². The van der Waals surface area contributed by atoms with E-state index >= 15 is 0 Å². The summed E-state index contributed by atoms with van der Waals surface area (Å²) in [6.45, 7) is 1.54. The molecule has 0 amide bonds. The molecule has 7 heteroatoms. The molecule has 24 heavy (non-hydrogen) atoms. The monoisotopic (exact) mass is 364 g/mol. The van der Waals surface area contributed by atoms with E-state index in [0.717, 1.165) is 10.1 Å². The Morgan fingerprint density at radius 1 is 1.25 bits per heavy atom. The lowest BCUT2D eigenvalue weighted by atomic mass is 10.2. The minimum absolute atomic E-state index is 0.0960. The third-order valence-corrected chi connectivity index (χ3v) is 5.10. The number of benzene rings is 1. The molecular formula is C17H13ClO5S. The van der Waals surface area contributed by atoms with Crippen LogP contribution in [0.15, 0.2) is 34.7 Å². The highest BCUT2D eigenvalue weighted by molar-refractivity contribution is 7.21. The van der Waals surface area contributed by atoms with Gasteiger partial charge in [0.25, 0.3) is 0 Å². The van der Waals surface area contributed by atoms with Gasteiger partial charge in [-0.25, -0.2) is 9.59 Å². The van der Waals surface area contributed by atoms with Crippen LogP contribution in [0.4, 0.5) is 0 Å². The van der Waals surface area contributed by atoms with E-state index in [1.165, 1.54) is 24.5 Å². The molecule has 3 rings (SSSR count). The highest BCUT2D eigenvalue weighted by atomic mass is 35.5. The third kappa shape index (κ3) is 3.02. The Morgan fingerprint density at radius 3 is 2.71 bits per heavy atom. The zero-order valence-electron chi connectivity index (χ0n) is 12.9. The van der Waals surface area contributed by atoms with Crippen molar-refractivity contribution < 1.29 is 23.5 Å². The second-order valence-corrected chi connectivity index (χ2v) is 6.42. The van der Waals surface area contributed by atoms with E-state index in [1.807, 2.05) is 24.3 Å². The first-order valence-corrected chi connectivity index (χ1v) is 8.22. The summed E-state index contributed by atoms with van der Waals surface area (Å²) in [6.07, 6.45) is 0.